The van der Waals surface area contributed by atoms with Crippen LogP contribution < -0.4 is 4.74 Å². The summed E-state index contributed by atoms with van der Waals surface area (Å²) < 4.78 is 5.56. The van der Waals surface area contributed by atoms with Crippen LogP contribution in [0.1, 0.15) is 43.6 Å². The first-order valence-corrected chi connectivity index (χ1v) is 7.17. The molecule has 1 aromatic rings. The molecule has 1 rings (SSSR count). The Bertz CT molecular complexity index is 411. The van der Waals surface area contributed by atoms with Gasteiger partial charge in [-0.25, -0.2) is 0 Å². The lowest BCUT2D eigenvalue weighted by Gasteiger charge is -2.17. The molecule has 0 atom stereocenters. The third-order valence-corrected chi connectivity index (χ3v) is 3.32. The van der Waals surface area contributed by atoms with Gasteiger partial charge in [0.2, 0.25) is 0 Å². The Labute approximate surface area is 116 Å². The van der Waals surface area contributed by atoms with Gasteiger partial charge in [0.1, 0.15) is 5.75 Å². The van der Waals surface area contributed by atoms with Crippen LogP contribution in [0.5, 0.6) is 5.75 Å². The number of aryl methyl sites for hydroxylation is 1. The number of hydrogen-bond donors (Lipinski definition) is 0. The summed E-state index contributed by atoms with van der Waals surface area (Å²) in [5, 5.41) is 0. The summed E-state index contributed by atoms with van der Waals surface area (Å²) in [7, 11) is 0. The Kier molecular flexibility index (Phi) is 6.57. The van der Waals surface area contributed by atoms with Gasteiger partial charge < -0.3 is 4.74 Å². The van der Waals surface area contributed by atoms with Crippen molar-refractivity contribution in [1.29, 1.82) is 0 Å². The number of ether oxygens (including phenoxy) is 1. The minimum absolute atomic E-state index is 0.182. The molecule has 0 fully saturated rings. The molecular weight excluding hydrogens is 238 g/mol. The first-order chi connectivity index (χ1) is 9.15. The average molecular weight is 263 g/mol. The Hall–Kier alpha value is -1.35. The number of ketones is 1. The maximum Gasteiger partial charge on any atom is 0.176 e. The van der Waals surface area contributed by atoms with E-state index in [1.165, 1.54) is 0 Å². The standard InChI is InChI=1S/C16H25NO2/c1-5-13-11-14(9-10-16(13)19-8-4)15(18)12-17(6-2)7-3/h9-11H,5-8,12H2,1-4H3. The molecule has 0 saturated heterocycles. The van der Waals surface area contributed by atoms with Crippen LogP contribution in [-0.2, 0) is 6.42 Å². The van der Waals surface area contributed by atoms with Crippen molar-refractivity contribution in [3.05, 3.63) is 29.3 Å². The Balaban J connectivity index is 2.86. The predicted octanol–water partition coefficient (Wildman–Crippen LogP) is 3.17. The molecular formula is C16H25NO2. The van der Waals surface area contributed by atoms with E-state index in [0.29, 0.717) is 13.2 Å². The summed E-state index contributed by atoms with van der Waals surface area (Å²) in [4.78, 5) is 14.4. The van der Waals surface area contributed by atoms with Crippen molar-refractivity contribution < 1.29 is 9.53 Å². The van der Waals surface area contributed by atoms with Gasteiger partial charge >= 0.3 is 0 Å². The van der Waals surface area contributed by atoms with Gasteiger partial charge in [0, 0.05) is 5.56 Å². The van der Waals surface area contributed by atoms with Crippen molar-refractivity contribution in [2.75, 3.05) is 26.2 Å². The zero-order chi connectivity index (χ0) is 14.3. The molecule has 0 spiro atoms. The van der Waals surface area contributed by atoms with Gasteiger partial charge in [-0.05, 0) is 50.2 Å². The third kappa shape index (κ3) is 4.35. The van der Waals surface area contributed by atoms with Gasteiger partial charge in [-0.3, -0.25) is 9.69 Å². The van der Waals surface area contributed by atoms with E-state index in [-0.39, 0.29) is 5.78 Å². The molecule has 0 N–H and O–H groups in total. The van der Waals surface area contributed by atoms with E-state index in [9.17, 15) is 4.79 Å². The zero-order valence-electron chi connectivity index (χ0n) is 12.5. The predicted molar refractivity (Wildman–Crippen MR) is 79.1 cm³/mol. The fourth-order valence-electron chi connectivity index (χ4n) is 2.07. The molecule has 0 amide bonds. The molecule has 0 bridgehead atoms. The molecule has 3 nitrogen and oxygen atoms in total. The summed E-state index contributed by atoms with van der Waals surface area (Å²) in [6, 6.07) is 5.75. The first kappa shape index (κ1) is 15.7. The molecule has 0 aliphatic heterocycles. The topological polar surface area (TPSA) is 29.5 Å². The molecule has 0 saturated carbocycles. The summed E-state index contributed by atoms with van der Waals surface area (Å²) in [6.07, 6.45) is 0.877. The number of nitrogens with zero attached hydrogens (tertiary/aromatic N) is 1. The highest BCUT2D eigenvalue weighted by atomic mass is 16.5. The molecule has 19 heavy (non-hydrogen) atoms. The van der Waals surface area contributed by atoms with Crippen LogP contribution >= 0.6 is 0 Å². The number of hydrogen-bond acceptors (Lipinski definition) is 3. The van der Waals surface area contributed by atoms with Crippen molar-refractivity contribution in [3.8, 4) is 5.75 Å². The minimum Gasteiger partial charge on any atom is -0.494 e. The Morgan fingerprint density at radius 3 is 2.37 bits per heavy atom. The molecule has 1 aromatic carbocycles. The highest BCUT2D eigenvalue weighted by Crippen LogP contribution is 2.21. The fourth-order valence-corrected chi connectivity index (χ4v) is 2.07. The summed E-state index contributed by atoms with van der Waals surface area (Å²) >= 11 is 0. The van der Waals surface area contributed by atoms with Crippen LogP contribution in [0, 0.1) is 0 Å². The fraction of sp³-hybridized carbons (Fsp3) is 0.562. The number of carbonyl (C=O) groups excluding carboxylic acids is 1. The smallest absolute Gasteiger partial charge is 0.176 e. The lowest BCUT2D eigenvalue weighted by atomic mass is 10.0. The van der Waals surface area contributed by atoms with Gasteiger partial charge in [0.15, 0.2) is 5.78 Å². The van der Waals surface area contributed by atoms with Gasteiger partial charge in [-0.2, -0.15) is 0 Å². The molecule has 0 aliphatic carbocycles. The third-order valence-electron chi connectivity index (χ3n) is 3.32. The zero-order valence-corrected chi connectivity index (χ0v) is 12.5. The second-order valence-corrected chi connectivity index (χ2v) is 4.49. The average Bonchev–Trinajstić information content (AvgIpc) is 2.45. The van der Waals surface area contributed by atoms with E-state index < -0.39 is 0 Å². The molecule has 0 aromatic heterocycles. The van der Waals surface area contributed by atoms with E-state index in [4.69, 9.17) is 4.74 Å². The van der Waals surface area contributed by atoms with Crippen molar-refractivity contribution in [3.63, 3.8) is 0 Å². The minimum atomic E-state index is 0.182. The lowest BCUT2D eigenvalue weighted by Crippen LogP contribution is -2.29. The number of Topliss-reactive ketones (excluding diaryl/α,β-unsaturated/α-hetero) is 1. The highest BCUT2D eigenvalue weighted by molar-refractivity contribution is 5.98. The van der Waals surface area contributed by atoms with Crippen LogP contribution in [0.25, 0.3) is 0 Å². The van der Waals surface area contributed by atoms with E-state index in [2.05, 4.69) is 25.7 Å². The number of carbonyl (C=O) groups is 1. The second kappa shape index (κ2) is 7.95. The van der Waals surface area contributed by atoms with E-state index in [0.717, 1.165) is 36.4 Å². The highest BCUT2D eigenvalue weighted by Gasteiger charge is 2.12. The molecule has 0 radical (unpaired) electrons. The van der Waals surface area contributed by atoms with Gasteiger partial charge in [-0.1, -0.05) is 20.8 Å². The molecule has 0 unspecified atom stereocenters. The van der Waals surface area contributed by atoms with Crippen LogP contribution in [0.2, 0.25) is 0 Å². The summed E-state index contributed by atoms with van der Waals surface area (Å²) in [6.45, 7) is 11.2. The van der Waals surface area contributed by atoms with Crippen molar-refractivity contribution in [2.24, 2.45) is 0 Å². The van der Waals surface area contributed by atoms with Crippen molar-refractivity contribution >= 4 is 5.78 Å². The van der Waals surface area contributed by atoms with Gasteiger partial charge in [0.05, 0.1) is 13.2 Å². The van der Waals surface area contributed by atoms with Crippen LogP contribution in [0.15, 0.2) is 18.2 Å². The van der Waals surface area contributed by atoms with Gasteiger partial charge in [-0.15, -0.1) is 0 Å². The SMILES string of the molecule is CCOc1ccc(C(=O)CN(CC)CC)cc1CC. The van der Waals surface area contributed by atoms with Crippen LogP contribution in [0.3, 0.4) is 0 Å². The molecule has 0 aliphatic rings. The Morgan fingerprint density at radius 2 is 1.84 bits per heavy atom. The van der Waals surface area contributed by atoms with E-state index >= 15 is 0 Å². The number of likely N-dealkylation sites (N-methyl/N-ethyl adjacent to an activating group) is 1. The monoisotopic (exact) mass is 263 g/mol. The van der Waals surface area contributed by atoms with Crippen LogP contribution in [-0.4, -0.2) is 36.9 Å². The maximum atomic E-state index is 12.2. The lowest BCUT2D eigenvalue weighted by molar-refractivity contribution is 0.0937. The van der Waals surface area contributed by atoms with Gasteiger partial charge in [0.25, 0.3) is 0 Å². The summed E-state index contributed by atoms with van der Waals surface area (Å²) in [5.74, 6) is 1.07. The number of benzene rings is 1. The Morgan fingerprint density at radius 1 is 1.16 bits per heavy atom. The number of rotatable bonds is 8. The van der Waals surface area contributed by atoms with Crippen LogP contribution in [0.4, 0.5) is 0 Å². The maximum absolute atomic E-state index is 12.2. The van der Waals surface area contributed by atoms with E-state index in [1.54, 1.807) is 0 Å². The van der Waals surface area contributed by atoms with Crippen molar-refractivity contribution in [1.82, 2.24) is 4.90 Å². The summed E-state index contributed by atoms with van der Waals surface area (Å²) in [5.41, 5.74) is 1.89. The molecule has 3 heteroatoms. The first-order valence-electron chi connectivity index (χ1n) is 7.17. The van der Waals surface area contributed by atoms with Crippen molar-refractivity contribution in [2.45, 2.75) is 34.1 Å². The van der Waals surface area contributed by atoms with E-state index in [1.807, 2.05) is 25.1 Å². The second-order valence-electron chi connectivity index (χ2n) is 4.49. The quantitative estimate of drug-likeness (QED) is 0.675. The largest absolute Gasteiger partial charge is 0.494 e. The normalized spacial score (nSPS) is 10.8. The molecule has 0 heterocycles. The molecule has 106 valence electrons.